The number of likely N-dealkylation sites (tertiary alicyclic amines) is 1. The van der Waals surface area contributed by atoms with E-state index in [-0.39, 0.29) is 5.82 Å². The first kappa shape index (κ1) is 25.9. The predicted octanol–water partition coefficient (Wildman–Crippen LogP) is 6.41. The number of hydrogen-bond acceptors (Lipinski definition) is 6. The molecule has 0 bridgehead atoms. The van der Waals surface area contributed by atoms with Crippen LogP contribution in [-0.4, -0.2) is 56.9 Å². The number of carbonyl (C=O) groups is 1. The van der Waals surface area contributed by atoms with Crippen LogP contribution in [0.15, 0.2) is 53.9 Å². The Hall–Kier alpha value is -2.36. The normalized spacial score (nSPS) is 22.8. The van der Waals surface area contributed by atoms with Crippen LogP contribution in [0.3, 0.4) is 0 Å². The molecule has 10 heteroatoms. The van der Waals surface area contributed by atoms with Crippen molar-refractivity contribution in [3.05, 3.63) is 75.3 Å². The summed E-state index contributed by atoms with van der Waals surface area (Å²) >= 11 is 13.6. The van der Waals surface area contributed by atoms with E-state index >= 15 is 4.39 Å². The Morgan fingerprint density at radius 3 is 2.55 bits per heavy atom. The zero-order valence-corrected chi connectivity index (χ0v) is 23.0. The van der Waals surface area contributed by atoms with Crippen LogP contribution in [0.1, 0.15) is 5.56 Å². The van der Waals surface area contributed by atoms with Crippen molar-refractivity contribution in [1.29, 1.82) is 0 Å². The molecule has 3 aromatic rings. The fourth-order valence-electron chi connectivity index (χ4n) is 5.72. The number of anilines is 2. The molecule has 1 amide bonds. The fraction of sp³-hybridized carbons (Fsp3) is 0.393. The van der Waals surface area contributed by atoms with Gasteiger partial charge in [-0.3, -0.25) is 9.80 Å². The van der Waals surface area contributed by atoms with Gasteiger partial charge in [0.25, 0.3) is 0 Å². The van der Waals surface area contributed by atoms with E-state index in [4.69, 9.17) is 32.7 Å². The summed E-state index contributed by atoms with van der Waals surface area (Å²) in [7, 11) is 0. The Kier molecular flexibility index (Phi) is 7.51. The molecule has 3 heterocycles. The number of rotatable bonds is 7. The molecule has 2 unspecified atom stereocenters. The van der Waals surface area contributed by atoms with Gasteiger partial charge < -0.3 is 14.4 Å². The van der Waals surface area contributed by atoms with Crippen molar-refractivity contribution in [3.8, 4) is 5.06 Å². The van der Waals surface area contributed by atoms with Crippen molar-refractivity contribution in [2.75, 3.05) is 55.7 Å². The van der Waals surface area contributed by atoms with Crippen LogP contribution in [0.25, 0.3) is 0 Å². The number of morpholine rings is 1. The van der Waals surface area contributed by atoms with Gasteiger partial charge in [-0.15, -0.1) is 11.3 Å². The molecule has 6 nitrogen and oxygen atoms in total. The minimum Gasteiger partial charge on any atom is -0.399 e. The van der Waals surface area contributed by atoms with Gasteiger partial charge in [0.1, 0.15) is 5.82 Å². The molecule has 0 N–H and O–H groups in total. The van der Waals surface area contributed by atoms with Gasteiger partial charge in [-0.2, -0.15) is 0 Å². The van der Waals surface area contributed by atoms with Crippen LogP contribution >= 0.6 is 34.5 Å². The Labute approximate surface area is 235 Å². The highest BCUT2D eigenvalue weighted by Crippen LogP contribution is 2.52. The highest BCUT2D eigenvalue weighted by Gasteiger charge is 2.56. The maximum atomic E-state index is 15.2. The van der Waals surface area contributed by atoms with E-state index in [2.05, 4.69) is 4.90 Å². The lowest BCUT2D eigenvalue weighted by Gasteiger charge is -2.30. The predicted molar refractivity (Wildman–Crippen MR) is 149 cm³/mol. The second-order valence-electron chi connectivity index (χ2n) is 10.1. The number of fused-ring (bicyclic) bond motifs is 1. The topological polar surface area (TPSA) is 45.2 Å². The molecule has 2 atom stereocenters. The number of benzene rings is 2. The van der Waals surface area contributed by atoms with Crippen molar-refractivity contribution in [3.63, 3.8) is 0 Å². The Balaban J connectivity index is 1.14. The average Bonchev–Trinajstić information content (AvgIpc) is 3.25. The molecule has 1 aromatic heterocycles. The average molecular weight is 577 g/mol. The summed E-state index contributed by atoms with van der Waals surface area (Å²) in [4.78, 5) is 19.3. The Morgan fingerprint density at radius 2 is 1.87 bits per heavy atom. The van der Waals surface area contributed by atoms with Crippen LogP contribution in [0.5, 0.6) is 5.06 Å². The van der Waals surface area contributed by atoms with Crippen LogP contribution in [0.2, 0.25) is 10.0 Å². The van der Waals surface area contributed by atoms with Gasteiger partial charge in [-0.25, -0.2) is 9.18 Å². The van der Waals surface area contributed by atoms with E-state index < -0.39 is 6.09 Å². The summed E-state index contributed by atoms with van der Waals surface area (Å²) < 4.78 is 26.3. The lowest BCUT2D eigenvalue weighted by molar-refractivity contribution is 0.122. The van der Waals surface area contributed by atoms with Crippen LogP contribution in [0, 0.1) is 23.6 Å². The largest absolute Gasteiger partial charge is 0.420 e. The zero-order valence-electron chi connectivity index (χ0n) is 20.7. The molecule has 1 aliphatic carbocycles. The maximum absolute atomic E-state index is 15.2. The molecule has 38 heavy (non-hydrogen) atoms. The van der Waals surface area contributed by atoms with Crippen LogP contribution < -0.4 is 14.5 Å². The van der Waals surface area contributed by atoms with Crippen molar-refractivity contribution in [2.24, 2.45) is 17.8 Å². The standard InChI is InChI=1S/C28H28Cl2FN3O3S/c29-23-5-3-18(12-24(23)30)14-32-15-20-21(16-32)22(20)17-34(28(35)37-27-2-1-11-38-27)19-4-6-26(25(31)13-19)33-7-9-36-10-8-33/h1-6,11-13,20-22H,7-10,14-17H2. The fourth-order valence-corrected chi connectivity index (χ4v) is 6.60. The second-order valence-corrected chi connectivity index (χ2v) is 11.8. The summed E-state index contributed by atoms with van der Waals surface area (Å²) in [5, 5.41) is 3.51. The highest BCUT2D eigenvalue weighted by atomic mass is 35.5. The van der Waals surface area contributed by atoms with Gasteiger partial charge in [0.15, 0.2) is 5.06 Å². The minimum absolute atomic E-state index is 0.345. The van der Waals surface area contributed by atoms with E-state index in [9.17, 15) is 4.79 Å². The molecular formula is C28H28Cl2FN3O3S. The van der Waals surface area contributed by atoms with Crippen molar-refractivity contribution >= 4 is 52.0 Å². The van der Waals surface area contributed by atoms with Crippen LogP contribution in [-0.2, 0) is 11.3 Å². The van der Waals surface area contributed by atoms with Crippen LogP contribution in [0.4, 0.5) is 20.6 Å². The molecule has 2 saturated heterocycles. The third kappa shape index (κ3) is 5.51. The first-order valence-electron chi connectivity index (χ1n) is 12.8. The SMILES string of the molecule is O=C(Oc1cccs1)N(CC1C2CN(Cc3ccc(Cl)c(Cl)c3)CC21)c1ccc(N2CCOCC2)c(F)c1. The number of carbonyl (C=O) groups excluding carboxylic acids is 1. The van der Waals surface area contributed by atoms with Crippen molar-refractivity contribution in [2.45, 2.75) is 6.54 Å². The van der Waals surface area contributed by atoms with Gasteiger partial charge in [-0.05, 0) is 71.2 Å². The molecule has 2 aliphatic heterocycles. The van der Waals surface area contributed by atoms with Crippen molar-refractivity contribution < 1.29 is 18.7 Å². The van der Waals surface area contributed by atoms with E-state index in [0.717, 1.165) is 25.2 Å². The highest BCUT2D eigenvalue weighted by molar-refractivity contribution is 7.11. The Morgan fingerprint density at radius 1 is 1.08 bits per heavy atom. The van der Waals surface area contributed by atoms with E-state index in [1.54, 1.807) is 17.0 Å². The van der Waals surface area contributed by atoms with Crippen molar-refractivity contribution in [1.82, 2.24) is 4.90 Å². The number of amides is 1. The van der Waals surface area contributed by atoms with E-state index in [1.807, 2.05) is 40.6 Å². The molecule has 3 aliphatic rings. The zero-order chi connectivity index (χ0) is 26.2. The van der Waals surface area contributed by atoms with Gasteiger partial charge in [0.2, 0.25) is 0 Å². The quantitative estimate of drug-likeness (QED) is 0.325. The molecule has 6 rings (SSSR count). The van der Waals surface area contributed by atoms with E-state index in [1.165, 1.54) is 17.4 Å². The number of ether oxygens (including phenoxy) is 2. The number of nitrogens with zero attached hydrogens (tertiary/aromatic N) is 3. The first-order valence-corrected chi connectivity index (χ1v) is 14.4. The number of hydrogen-bond donors (Lipinski definition) is 0. The smallest absolute Gasteiger partial charge is 0.399 e. The lowest BCUT2D eigenvalue weighted by atomic mass is 10.1. The third-order valence-corrected chi connectivity index (χ3v) is 9.21. The summed E-state index contributed by atoms with van der Waals surface area (Å²) in [6.07, 6.45) is -0.483. The Bertz CT molecular complexity index is 1290. The number of piperidine rings is 1. The van der Waals surface area contributed by atoms with Gasteiger partial charge >= 0.3 is 6.09 Å². The maximum Gasteiger partial charge on any atom is 0.420 e. The monoisotopic (exact) mass is 575 g/mol. The molecule has 0 radical (unpaired) electrons. The summed E-state index contributed by atoms with van der Waals surface area (Å²) in [5.41, 5.74) is 2.18. The number of halogens is 3. The molecule has 1 saturated carbocycles. The molecule has 0 spiro atoms. The lowest BCUT2D eigenvalue weighted by Crippen LogP contribution is -2.38. The second kappa shape index (κ2) is 11.0. The summed E-state index contributed by atoms with van der Waals surface area (Å²) in [5.74, 6) is 0.986. The first-order chi connectivity index (χ1) is 18.5. The third-order valence-electron chi connectivity index (χ3n) is 7.73. The minimum atomic E-state index is -0.483. The van der Waals surface area contributed by atoms with Gasteiger partial charge in [0.05, 0.1) is 34.6 Å². The summed E-state index contributed by atoms with van der Waals surface area (Å²) in [6.45, 7) is 5.65. The summed E-state index contributed by atoms with van der Waals surface area (Å²) in [6, 6.07) is 14.4. The van der Waals surface area contributed by atoms with Gasteiger partial charge in [0, 0.05) is 39.3 Å². The molecular weight excluding hydrogens is 548 g/mol. The van der Waals surface area contributed by atoms with Gasteiger partial charge in [-0.1, -0.05) is 29.3 Å². The molecule has 3 fully saturated rings. The molecule has 200 valence electrons. The molecule has 2 aromatic carbocycles. The van der Waals surface area contributed by atoms with E-state index in [0.29, 0.717) is 77.1 Å². The number of thiophene rings is 1.